The molecule has 20 heavy (non-hydrogen) atoms. The minimum Gasteiger partial charge on any atom is -0.497 e. The van der Waals surface area contributed by atoms with Gasteiger partial charge in [0.25, 0.3) is 0 Å². The molecule has 4 heteroatoms. The first kappa shape index (κ1) is 14.2. The molecule has 0 aliphatic rings. The number of hydrogen-bond donors (Lipinski definition) is 0. The number of benzene rings is 1. The lowest BCUT2D eigenvalue weighted by atomic mass is 10.2. The number of aromatic nitrogens is 1. The number of ether oxygens (including phenoxy) is 2. The molecular formula is C16H19NO3. The van der Waals surface area contributed by atoms with E-state index >= 15 is 0 Å². The Balaban J connectivity index is 2.18. The average Bonchev–Trinajstić information content (AvgIpc) is 2.81. The van der Waals surface area contributed by atoms with Gasteiger partial charge in [0.1, 0.15) is 5.75 Å². The maximum Gasteiger partial charge on any atom is 0.311 e. The van der Waals surface area contributed by atoms with Crippen LogP contribution in [0.3, 0.4) is 0 Å². The van der Waals surface area contributed by atoms with Crippen molar-refractivity contribution in [1.82, 2.24) is 4.57 Å². The van der Waals surface area contributed by atoms with E-state index in [0.717, 1.165) is 29.1 Å². The summed E-state index contributed by atoms with van der Waals surface area (Å²) in [6.45, 7) is 2.73. The summed E-state index contributed by atoms with van der Waals surface area (Å²) < 4.78 is 12.0. The van der Waals surface area contributed by atoms with Crippen molar-refractivity contribution in [3.63, 3.8) is 0 Å². The second-order valence-corrected chi connectivity index (χ2v) is 4.67. The molecule has 0 N–H and O–H groups in total. The van der Waals surface area contributed by atoms with Crippen molar-refractivity contribution in [2.45, 2.75) is 19.9 Å². The fourth-order valence-corrected chi connectivity index (χ4v) is 2.14. The Bertz CT molecular complexity index is 584. The van der Waals surface area contributed by atoms with Crippen molar-refractivity contribution < 1.29 is 14.3 Å². The van der Waals surface area contributed by atoms with Crippen LogP contribution in [0.15, 0.2) is 36.5 Å². The number of esters is 1. The van der Waals surface area contributed by atoms with Gasteiger partial charge in [-0.25, -0.2) is 0 Å². The van der Waals surface area contributed by atoms with Crippen molar-refractivity contribution in [1.29, 1.82) is 0 Å². The fourth-order valence-electron chi connectivity index (χ4n) is 2.14. The summed E-state index contributed by atoms with van der Waals surface area (Å²) >= 11 is 0. The zero-order chi connectivity index (χ0) is 14.5. The molecule has 0 amide bonds. The van der Waals surface area contributed by atoms with Crippen LogP contribution in [-0.2, 0) is 22.5 Å². The Kier molecular flexibility index (Phi) is 4.45. The van der Waals surface area contributed by atoms with E-state index in [-0.39, 0.29) is 5.97 Å². The summed E-state index contributed by atoms with van der Waals surface area (Å²) in [5.41, 5.74) is 3.25. The maximum absolute atomic E-state index is 11.5. The Hall–Kier alpha value is -2.23. The van der Waals surface area contributed by atoms with E-state index in [1.807, 2.05) is 43.5 Å². The molecular weight excluding hydrogens is 254 g/mol. The standard InChI is InChI=1S/C16H19NO3/c1-12-8-9-17(15(12)10-16(18)20-3)11-13-4-6-14(19-2)7-5-13/h4-9H,10-11H2,1-3H3. The molecule has 0 aliphatic carbocycles. The van der Waals surface area contributed by atoms with Gasteiger partial charge < -0.3 is 14.0 Å². The van der Waals surface area contributed by atoms with E-state index in [2.05, 4.69) is 4.57 Å². The highest BCUT2D eigenvalue weighted by Crippen LogP contribution is 2.16. The minimum atomic E-state index is -0.220. The first-order valence-corrected chi connectivity index (χ1v) is 6.48. The SMILES string of the molecule is COC(=O)Cc1c(C)ccn1Cc1ccc(OC)cc1. The molecule has 0 unspecified atom stereocenters. The number of nitrogens with zero attached hydrogens (tertiary/aromatic N) is 1. The Morgan fingerprint density at radius 1 is 1.15 bits per heavy atom. The number of rotatable bonds is 5. The highest BCUT2D eigenvalue weighted by Gasteiger charge is 2.11. The minimum absolute atomic E-state index is 0.220. The summed E-state index contributed by atoms with van der Waals surface area (Å²) in [4.78, 5) is 11.5. The topological polar surface area (TPSA) is 40.5 Å². The molecule has 0 aliphatic heterocycles. The van der Waals surface area contributed by atoms with Crippen LogP contribution in [-0.4, -0.2) is 24.8 Å². The van der Waals surface area contributed by atoms with Gasteiger partial charge in [0.05, 0.1) is 20.6 Å². The first-order valence-electron chi connectivity index (χ1n) is 6.48. The Morgan fingerprint density at radius 2 is 1.85 bits per heavy atom. The van der Waals surface area contributed by atoms with Crippen LogP contribution in [0.25, 0.3) is 0 Å². The quantitative estimate of drug-likeness (QED) is 0.786. The lowest BCUT2D eigenvalue weighted by Crippen LogP contribution is -2.11. The average molecular weight is 273 g/mol. The smallest absolute Gasteiger partial charge is 0.311 e. The molecule has 0 bridgehead atoms. The van der Waals surface area contributed by atoms with Crippen LogP contribution in [0.4, 0.5) is 0 Å². The Morgan fingerprint density at radius 3 is 2.45 bits per heavy atom. The lowest BCUT2D eigenvalue weighted by molar-refractivity contribution is -0.139. The molecule has 2 rings (SSSR count). The third kappa shape index (κ3) is 3.20. The van der Waals surface area contributed by atoms with Gasteiger partial charge in [0.2, 0.25) is 0 Å². The van der Waals surface area contributed by atoms with Crippen LogP contribution >= 0.6 is 0 Å². The summed E-state index contributed by atoms with van der Waals surface area (Å²) in [7, 11) is 3.06. The number of hydrogen-bond acceptors (Lipinski definition) is 3. The molecule has 1 heterocycles. The van der Waals surface area contributed by atoms with Gasteiger partial charge in [-0.1, -0.05) is 12.1 Å². The second kappa shape index (κ2) is 6.28. The van der Waals surface area contributed by atoms with Crippen molar-refractivity contribution in [2.24, 2.45) is 0 Å². The van der Waals surface area contributed by atoms with E-state index in [1.54, 1.807) is 7.11 Å². The molecule has 1 aromatic heterocycles. The molecule has 0 spiro atoms. The number of aryl methyl sites for hydroxylation is 1. The predicted octanol–water partition coefficient (Wildman–Crippen LogP) is 2.57. The van der Waals surface area contributed by atoms with E-state index in [0.29, 0.717) is 6.42 Å². The van der Waals surface area contributed by atoms with Gasteiger partial charge in [0.15, 0.2) is 0 Å². The van der Waals surface area contributed by atoms with Crippen LogP contribution in [0, 0.1) is 6.92 Å². The van der Waals surface area contributed by atoms with E-state index in [1.165, 1.54) is 7.11 Å². The molecule has 1 aromatic carbocycles. The summed E-state index contributed by atoms with van der Waals surface area (Å²) in [6.07, 6.45) is 2.29. The third-order valence-corrected chi connectivity index (χ3v) is 3.36. The monoisotopic (exact) mass is 273 g/mol. The van der Waals surface area contributed by atoms with Crippen molar-refractivity contribution in [3.8, 4) is 5.75 Å². The van der Waals surface area contributed by atoms with Gasteiger partial charge in [-0.05, 0) is 36.2 Å². The summed E-state index contributed by atoms with van der Waals surface area (Å²) in [5, 5.41) is 0. The zero-order valence-corrected chi connectivity index (χ0v) is 12.1. The molecule has 106 valence electrons. The molecule has 4 nitrogen and oxygen atoms in total. The van der Waals surface area contributed by atoms with Gasteiger partial charge in [-0.15, -0.1) is 0 Å². The first-order chi connectivity index (χ1) is 9.63. The molecule has 0 fully saturated rings. The van der Waals surface area contributed by atoms with Crippen LogP contribution in [0.1, 0.15) is 16.8 Å². The molecule has 2 aromatic rings. The number of carbonyl (C=O) groups excluding carboxylic acids is 1. The van der Waals surface area contributed by atoms with Gasteiger partial charge in [-0.2, -0.15) is 0 Å². The van der Waals surface area contributed by atoms with E-state index in [9.17, 15) is 4.79 Å². The van der Waals surface area contributed by atoms with Crippen molar-refractivity contribution in [3.05, 3.63) is 53.3 Å². The van der Waals surface area contributed by atoms with Gasteiger partial charge in [-0.3, -0.25) is 4.79 Å². The highest BCUT2D eigenvalue weighted by atomic mass is 16.5. The van der Waals surface area contributed by atoms with Crippen molar-refractivity contribution in [2.75, 3.05) is 14.2 Å². The zero-order valence-electron chi connectivity index (χ0n) is 12.1. The van der Waals surface area contributed by atoms with Crippen LogP contribution < -0.4 is 4.74 Å². The summed E-state index contributed by atoms with van der Waals surface area (Å²) in [5.74, 6) is 0.620. The van der Waals surface area contributed by atoms with Crippen molar-refractivity contribution >= 4 is 5.97 Å². The molecule has 0 radical (unpaired) electrons. The second-order valence-electron chi connectivity index (χ2n) is 4.67. The predicted molar refractivity (Wildman–Crippen MR) is 77.0 cm³/mol. The van der Waals surface area contributed by atoms with E-state index in [4.69, 9.17) is 9.47 Å². The largest absolute Gasteiger partial charge is 0.497 e. The van der Waals surface area contributed by atoms with Gasteiger partial charge >= 0.3 is 5.97 Å². The molecule has 0 saturated carbocycles. The Labute approximate surface area is 118 Å². The maximum atomic E-state index is 11.5. The third-order valence-electron chi connectivity index (χ3n) is 3.36. The summed E-state index contributed by atoms with van der Waals surface area (Å²) in [6, 6.07) is 9.94. The fraction of sp³-hybridized carbons (Fsp3) is 0.312. The molecule has 0 saturated heterocycles. The molecule has 0 atom stereocenters. The van der Waals surface area contributed by atoms with Crippen LogP contribution in [0.5, 0.6) is 5.75 Å². The number of carbonyl (C=O) groups is 1. The van der Waals surface area contributed by atoms with Gasteiger partial charge in [0, 0.05) is 18.4 Å². The normalized spacial score (nSPS) is 10.3. The number of methoxy groups -OCH3 is 2. The lowest BCUT2D eigenvalue weighted by Gasteiger charge is -2.10. The van der Waals surface area contributed by atoms with Crippen LogP contribution in [0.2, 0.25) is 0 Å². The van der Waals surface area contributed by atoms with E-state index < -0.39 is 0 Å². The highest BCUT2D eigenvalue weighted by molar-refractivity contribution is 5.72.